The number of halogens is 1. The first kappa shape index (κ1) is 18.8. The zero-order chi connectivity index (χ0) is 15.9. The lowest BCUT2D eigenvalue weighted by Crippen LogP contribution is -2.35. The molecule has 1 aliphatic rings. The van der Waals surface area contributed by atoms with Crippen molar-refractivity contribution in [1.29, 1.82) is 0 Å². The maximum Gasteiger partial charge on any atom is 0.241 e. The molecule has 1 atom stereocenters. The Morgan fingerprint density at radius 3 is 2.58 bits per heavy atom. The second-order valence-electron chi connectivity index (χ2n) is 5.82. The van der Waals surface area contributed by atoms with Gasteiger partial charge in [-0.3, -0.25) is 4.79 Å². The maximum atomic E-state index is 12.1. The van der Waals surface area contributed by atoms with E-state index in [0.29, 0.717) is 0 Å². The summed E-state index contributed by atoms with van der Waals surface area (Å²) in [5, 5.41) is 6.25. The highest BCUT2D eigenvalue weighted by Crippen LogP contribution is 2.20. The Hall–Kier alpha value is -1.49. The molecule has 1 aliphatic heterocycles. The molecule has 0 spiro atoms. The van der Waals surface area contributed by atoms with Crippen LogP contribution in [0.2, 0.25) is 0 Å². The lowest BCUT2D eigenvalue weighted by molar-refractivity contribution is -0.117. The Bertz CT molecular complexity index is 645. The molecule has 1 amide bonds. The van der Waals surface area contributed by atoms with Crippen molar-refractivity contribution in [1.82, 2.24) is 5.32 Å². The average Bonchev–Trinajstić information content (AvgIpc) is 3.11. The lowest BCUT2D eigenvalue weighted by Gasteiger charge is -2.12. The van der Waals surface area contributed by atoms with Gasteiger partial charge in [0.25, 0.3) is 0 Å². The molecule has 3 rings (SSSR count). The number of benzene rings is 2. The first-order valence-electron chi connectivity index (χ1n) is 8.06. The largest absolute Gasteiger partial charge is 0.325 e. The molecule has 0 radical (unpaired) electrons. The van der Waals surface area contributed by atoms with E-state index in [-0.39, 0.29) is 24.4 Å². The molecule has 1 saturated heterocycles. The minimum absolute atomic E-state index is 0. The van der Waals surface area contributed by atoms with E-state index in [2.05, 4.69) is 47.0 Å². The number of rotatable bonds is 6. The lowest BCUT2D eigenvalue weighted by atomic mass is 10.2. The monoisotopic (exact) mass is 362 g/mol. The van der Waals surface area contributed by atoms with E-state index in [1.54, 1.807) is 0 Å². The van der Waals surface area contributed by atoms with Crippen molar-refractivity contribution in [3.63, 3.8) is 0 Å². The molecule has 24 heavy (non-hydrogen) atoms. The highest BCUT2D eigenvalue weighted by atomic mass is 35.5. The van der Waals surface area contributed by atoms with Gasteiger partial charge in [0.1, 0.15) is 0 Å². The van der Waals surface area contributed by atoms with Crippen molar-refractivity contribution < 1.29 is 4.79 Å². The second kappa shape index (κ2) is 9.72. The third-order valence-electron chi connectivity index (χ3n) is 3.95. The Morgan fingerprint density at radius 2 is 1.83 bits per heavy atom. The van der Waals surface area contributed by atoms with Crippen LogP contribution in [-0.2, 0) is 16.3 Å². The van der Waals surface area contributed by atoms with Gasteiger partial charge in [-0.15, -0.1) is 12.4 Å². The smallest absolute Gasteiger partial charge is 0.241 e. The Morgan fingerprint density at radius 1 is 1.08 bits per heavy atom. The summed E-state index contributed by atoms with van der Waals surface area (Å²) in [4.78, 5) is 12.1. The molecule has 1 unspecified atom stereocenters. The summed E-state index contributed by atoms with van der Waals surface area (Å²) in [5.41, 5.74) is 3.47. The summed E-state index contributed by atoms with van der Waals surface area (Å²) in [5.74, 6) is 2.03. The first-order valence-corrected chi connectivity index (χ1v) is 9.21. The molecule has 128 valence electrons. The topological polar surface area (TPSA) is 41.1 Å². The Balaban J connectivity index is 0.00000208. The first-order chi connectivity index (χ1) is 11.3. The van der Waals surface area contributed by atoms with Gasteiger partial charge in [0.2, 0.25) is 5.91 Å². The van der Waals surface area contributed by atoms with E-state index in [4.69, 9.17) is 0 Å². The number of amides is 1. The summed E-state index contributed by atoms with van der Waals surface area (Å²) in [6, 6.07) is 18.6. The molecule has 5 heteroatoms. The zero-order valence-electron chi connectivity index (χ0n) is 13.5. The molecule has 2 aromatic carbocycles. The van der Waals surface area contributed by atoms with Gasteiger partial charge in [-0.05, 0) is 42.6 Å². The molecular weight excluding hydrogens is 340 g/mol. The van der Waals surface area contributed by atoms with Crippen LogP contribution in [0.5, 0.6) is 0 Å². The molecule has 0 aromatic heterocycles. The number of anilines is 1. The molecule has 2 N–H and O–H groups in total. The third-order valence-corrected chi connectivity index (χ3v) is 5.03. The predicted molar refractivity (Wildman–Crippen MR) is 105 cm³/mol. The van der Waals surface area contributed by atoms with Crippen molar-refractivity contribution >= 4 is 35.8 Å². The van der Waals surface area contributed by atoms with Crippen LogP contribution in [0.15, 0.2) is 54.6 Å². The molecule has 1 heterocycles. The molecule has 1 fully saturated rings. The number of hydrogen-bond donors (Lipinski definition) is 2. The number of thioether (sulfide) groups is 1. The van der Waals surface area contributed by atoms with Gasteiger partial charge in [-0.1, -0.05) is 42.5 Å². The molecular formula is C19H23ClN2OS. The standard InChI is InChI=1S/C19H22N2OS.ClH/c22-19(18-10-5-11-20-18)21-17-9-4-8-16(12-17)14-23-13-15-6-2-1-3-7-15;/h1-4,6-9,12,18,20H,5,10-11,13-14H2,(H,21,22);1H. The van der Waals surface area contributed by atoms with Crippen LogP contribution in [0.4, 0.5) is 5.69 Å². The fourth-order valence-electron chi connectivity index (χ4n) is 2.74. The van der Waals surface area contributed by atoms with Crippen LogP contribution in [-0.4, -0.2) is 18.5 Å². The maximum absolute atomic E-state index is 12.1. The second-order valence-corrected chi connectivity index (χ2v) is 6.80. The van der Waals surface area contributed by atoms with Crippen molar-refractivity contribution in [3.8, 4) is 0 Å². The number of carbonyl (C=O) groups excluding carboxylic acids is 1. The van der Waals surface area contributed by atoms with Gasteiger partial charge >= 0.3 is 0 Å². The summed E-state index contributed by atoms with van der Waals surface area (Å²) < 4.78 is 0. The van der Waals surface area contributed by atoms with E-state index in [0.717, 1.165) is 36.6 Å². The van der Waals surface area contributed by atoms with Crippen molar-refractivity contribution in [2.45, 2.75) is 30.4 Å². The van der Waals surface area contributed by atoms with Crippen LogP contribution in [0.25, 0.3) is 0 Å². The van der Waals surface area contributed by atoms with E-state index < -0.39 is 0 Å². The van der Waals surface area contributed by atoms with Crippen molar-refractivity contribution in [2.24, 2.45) is 0 Å². The summed E-state index contributed by atoms with van der Waals surface area (Å²) in [7, 11) is 0. The summed E-state index contributed by atoms with van der Waals surface area (Å²) in [6.45, 7) is 0.939. The number of nitrogens with one attached hydrogen (secondary N) is 2. The van der Waals surface area contributed by atoms with Gasteiger partial charge in [0.05, 0.1) is 6.04 Å². The van der Waals surface area contributed by atoms with Gasteiger partial charge in [-0.2, -0.15) is 11.8 Å². The van der Waals surface area contributed by atoms with Crippen LogP contribution in [0.3, 0.4) is 0 Å². The Kier molecular flexibility index (Phi) is 7.63. The molecule has 2 aromatic rings. The van der Waals surface area contributed by atoms with Gasteiger partial charge < -0.3 is 10.6 Å². The van der Waals surface area contributed by atoms with E-state index in [1.165, 1.54) is 11.1 Å². The number of hydrogen-bond acceptors (Lipinski definition) is 3. The summed E-state index contributed by atoms with van der Waals surface area (Å²) >= 11 is 1.89. The molecule has 3 nitrogen and oxygen atoms in total. The zero-order valence-corrected chi connectivity index (χ0v) is 15.2. The highest BCUT2D eigenvalue weighted by molar-refractivity contribution is 7.97. The van der Waals surface area contributed by atoms with E-state index >= 15 is 0 Å². The average molecular weight is 363 g/mol. The third kappa shape index (κ3) is 5.55. The fraction of sp³-hybridized carbons (Fsp3) is 0.316. The van der Waals surface area contributed by atoms with Gasteiger partial charge in [-0.25, -0.2) is 0 Å². The van der Waals surface area contributed by atoms with Crippen LogP contribution in [0, 0.1) is 0 Å². The normalized spacial score (nSPS) is 16.4. The van der Waals surface area contributed by atoms with E-state index in [1.807, 2.05) is 30.0 Å². The van der Waals surface area contributed by atoms with Gasteiger partial charge in [0.15, 0.2) is 0 Å². The van der Waals surface area contributed by atoms with Crippen LogP contribution >= 0.6 is 24.2 Å². The van der Waals surface area contributed by atoms with Crippen LogP contribution in [0.1, 0.15) is 24.0 Å². The SMILES string of the molecule is Cl.O=C(Nc1cccc(CSCc2ccccc2)c1)C1CCCN1. The summed E-state index contributed by atoms with van der Waals surface area (Å²) in [6.07, 6.45) is 2.01. The van der Waals surface area contributed by atoms with Crippen molar-refractivity contribution in [3.05, 3.63) is 65.7 Å². The molecule has 0 bridgehead atoms. The molecule has 0 aliphatic carbocycles. The van der Waals surface area contributed by atoms with Gasteiger partial charge in [0, 0.05) is 17.2 Å². The number of carbonyl (C=O) groups is 1. The Labute approximate surface area is 154 Å². The quantitative estimate of drug-likeness (QED) is 0.807. The van der Waals surface area contributed by atoms with E-state index in [9.17, 15) is 4.79 Å². The minimum atomic E-state index is -0.0360. The highest BCUT2D eigenvalue weighted by Gasteiger charge is 2.21. The van der Waals surface area contributed by atoms with Crippen molar-refractivity contribution in [2.75, 3.05) is 11.9 Å². The minimum Gasteiger partial charge on any atom is -0.325 e. The van der Waals surface area contributed by atoms with Crippen LogP contribution < -0.4 is 10.6 Å². The molecule has 0 saturated carbocycles. The predicted octanol–water partition coefficient (Wildman–Crippen LogP) is 4.23. The fourth-order valence-corrected chi connectivity index (χ4v) is 3.68.